The Morgan fingerprint density at radius 1 is 1.80 bits per heavy atom. The predicted molar refractivity (Wildman–Crippen MR) is 44.8 cm³/mol. The molecular weight excluding hydrogens is 148 g/mol. The van der Waals surface area contributed by atoms with Gasteiger partial charge in [-0.2, -0.15) is 0 Å². The summed E-state index contributed by atoms with van der Waals surface area (Å²) in [6, 6.07) is 0. The fraction of sp³-hybridized carbons (Fsp3) is 0.600. The van der Waals surface area contributed by atoms with Gasteiger partial charge < -0.3 is 4.90 Å². The molecule has 0 aliphatic heterocycles. The Hall–Kier alpha value is -0.800. The van der Waals surface area contributed by atoms with E-state index in [2.05, 4.69) is 22.7 Å². The Labute approximate surface area is 65.6 Å². The second-order valence-electron chi connectivity index (χ2n) is 1.97. The first-order valence-corrected chi connectivity index (χ1v) is 3.18. The van der Waals surface area contributed by atoms with Gasteiger partial charge in [-0.25, -0.2) is 0 Å². The highest BCUT2D eigenvalue weighted by Crippen LogP contribution is 2.00. The molecule has 0 N–H and O–H groups in total. The minimum Gasteiger partial charge on any atom is -0.383 e. The zero-order valence-corrected chi connectivity index (χ0v) is 6.91. The summed E-state index contributed by atoms with van der Waals surface area (Å²) in [5, 5.41) is 3.33. The van der Waals surface area contributed by atoms with Crippen LogP contribution in [0.5, 0.6) is 0 Å². The summed E-state index contributed by atoms with van der Waals surface area (Å²) >= 11 is 4.06. The first-order valence-electron chi connectivity index (χ1n) is 2.73. The molecule has 0 aliphatic carbocycles. The molecule has 0 spiro atoms. The van der Waals surface area contributed by atoms with Crippen LogP contribution in [-0.2, 0) is 0 Å². The van der Waals surface area contributed by atoms with E-state index in [9.17, 15) is 0 Å². The smallest absolute Gasteiger partial charge is 0.0582 e. The quantitative estimate of drug-likeness (QED) is 0.288. The lowest BCUT2D eigenvalue weighted by Crippen LogP contribution is -2.01. The molecule has 4 nitrogen and oxygen atoms in total. The molecule has 0 heterocycles. The van der Waals surface area contributed by atoms with Crippen molar-refractivity contribution in [3.05, 3.63) is 21.5 Å². The van der Waals surface area contributed by atoms with Crippen LogP contribution in [0, 0.1) is 0 Å². The molecule has 10 heavy (non-hydrogen) atoms. The fourth-order valence-electron chi connectivity index (χ4n) is 0.443. The van der Waals surface area contributed by atoms with Gasteiger partial charge in [-0.3, -0.25) is 0 Å². The van der Waals surface area contributed by atoms with E-state index in [4.69, 9.17) is 5.53 Å². The molecule has 0 rings (SSSR count). The van der Waals surface area contributed by atoms with Gasteiger partial charge in [0, 0.05) is 30.1 Å². The highest BCUT2D eigenvalue weighted by Gasteiger charge is 1.86. The van der Waals surface area contributed by atoms with Gasteiger partial charge in [-0.1, -0.05) is 5.11 Å². The summed E-state index contributed by atoms with van der Waals surface area (Å²) < 4.78 is 0. The maximum atomic E-state index is 7.93. The van der Waals surface area contributed by atoms with Crippen molar-refractivity contribution in [1.82, 2.24) is 4.90 Å². The first-order chi connectivity index (χ1) is 4.66. The topological polar surface area (TPSA) is 52.0 Å². The summed E-state index contributed by atoms with van der Waals surface area (Å²) in [6.07, 6.45) is 1.79. The Kier molecular flexibility index (Phi) is 4.62. The van der Waals surface area contributed by atoms with Crippen molar-refractivity contribution in [2.45, 2.75) is 0 Å². The van der Waals surface area contributed by atoms with E-state index in [0.717, 1.165) is 4.91 Å². The maximum Gasteiger partial charge on any atom is 0.0582 e. The summed E-state index contributed by atoms with van der Waals surface area (Å²) in [5.41, 5.74) is 7.93. The van der Waals surface area contributed by atoms with Crippen LogP contribution in [0.15, 0.2) is 16.2 Å². The van der Waals surface area contributed by atoms with Crippen molar-refractivity contribution in [3.63, 3.8) is 0 Å². The van der Waals surface area contributed by atoms with Crippen LogP contribution in [0.1, 0.15) is 0 Å². The van der Waals surface area contributed by atoms with Gasteiger partial charge in [0.1, 0.15) is 0 Å². The predicted octanol–water partition coefficient (Wildman–Crippen LogP) is 1.63. The van der Waals surface area contributed by atoms with Gasteiger partial charge in [0.25, 0.3) is 0 Å². The Morgan fingerprint density at radius 2 is 2.40 bits per heavy atom. The van der Waals surface area contributed by atoms with E-state index >= 15 is 0 Å². The highest BCUT2D eigenvalue weighted by atomic mass is 32.1. The molecule has 0 aromatic rings. The molecule has 0 saturated carbocycles. The zero-order valence-electron chi connectivity index (χ0n) is 6.02. The third-order valence-electron chi connectivity index (χ3n) is 0.703. The average molecular weight is 158 g/mol. The summed E-state index contributed by atoms with van der Waals surface area (Å²) in [7, 11) is 3.76. The first kappa shape index (κ1) is 9.20. The zero-order chi connectivity index (χ0) is 7.98. The lowest BCUT2D eigenvalue weighted by Gasteiger charge is -2.04. The van der Waals surface area contributed by atoms with Crippen molar-refractivity contribution in [2.24, 2.45) is 5.11 Å². The second-order valence-corrected chi connectivity index (χ2v) is 2.55. The number of thiol groups is 1. The Morgan fingerprint density at radius 3 is 2.80 bits per heavy atom. The van der Waals surface area contributed by atoms with Crippen molar-refractivity contribution in [2.75, 3.05) is 20.6 Å². The van der Waals surface area contributed by atoms with Crippen molar-refractivity contribution < 1.29 is 0 Å². The maximum absolute atomic E-state index is 7.93. The van der Waals surface area contributed by atoms with E-state index in [0.29, 0.717) is 6.54 Å². The summed E-state index contributed by atoms with van der Waals surface area (Å²) in [5.74, 6) is 0. The number of hydrogen-bond acceptors (Lipinski definition) is 3. The van der Waals surface area contributed by atoms with E-state index in [1.807, 2.05) is 19.0 Å². The fourth-order valence-corrected chi connectivity index (χ4v) is 0.737. The molecule has 0 unspecified atom stereocenters. The third kappa shape index (κ3) is 5.34. The van der Waals surface area contributed by atoms with E-state index in [-0.39, 0.29) is 0 Å². The SMILES string of the molecule is CN(C)/C=C(\S)CN=[N+]=[N-]. The van der Waals surface area contributed by atoms with Crippen LogP contribution in [0.3, 0.4) is 0 Å². The van der Waals surface area contributed by atoms with Crippen LogP contribution in [-0.4, -0.2) is 25.5 Å². The Balaban J connectivity index is 3.82. The third-order valence-corrected chi connectivity index (χ3v) is 0.960. The van der Waals surface area contributed by atoms with Gasteiger partial charge in [0.2, 0.25) is 0 Å². The standard InChI is InChI=1S/C5H10N4S/c1-9(2)4-5(10)3-7-8-6/h4,10H,3H2,1-2H3/b5-4-. The van der Waals surface area contributed by atoms with Crippen molar-refractivity contribution in [3.8, 4) is 0 Å². The molecule has 0 amide bonds. The Bertz CT molecular complexity index is 168. The monoisotopic (exact) mass is 158 g/mol. The van der Waals surface area contributed by atoms with Crippen molar-refractivity contribution >= 4 is 12.6 Å². The van der Waals surface area contributed by atoms with Crippen LogP contribution in [0.2, 0.25) is 0 Å². The van der Waals surface area contributed by atoms with Gasteiger partial charge in [-0.05, 0) is 5.53 Å². The molecular formula is C5H10N4S. The number of azide groups is 1. The number of rotatable bonds is 3. The van der Waals surface area contributed by atoms with Crippen LogP contribution < -0.4 is 0 Å². The van der Waals surface area contributed by atoms with Crippen LogP contribution >= 0.6 is 12.6 Å². The number of hydrogen-bond donors (Lipinski definition) is 1. The normalized spacial score (nSPS) is 10.5. The van der Waals surface area contributed by atoms with Gasteiger partial charge in [-0.15, -0.1) is 12.6 Å². The van der Waals surface area contributed by atoms with Gasteiger partial charge in [0.05, 0.1) is 6.54 Å². The lowest BCUT2D eigenvalue weighted by atomic mass is 10.6. The summed E-state index contributed by atoms with van der Waals surface area (Å²) in [6.45, 7) is 0.317. The van der Waals surface area contributed by atoms with Gasteiger partial charge >= 0.3 is 0 Å². The lowest BCUT2D eigenvalue weighted by molar-refractivity contribution is 0.561. The van der Waals surface area contributed by atoms with E-state index < -0.39 is 0 Å². The highest BCUT2D eigenvalue weighted by molar-refractivity contribution is 7.84. The molecule has 0 aromatic heterocycles. The van der Waals surface area contributed by atoms with Crippen molar-refractivity contribution in [1.29, 1.82) is 0 Å². The van der Waals surface area contributed by atoms with Crippen LogP contribution in [0.4, 0.5) is 0 Å². The molecule has 0 aromatic carbocycles. The summed E-state index contributed by atoms with van der Waals surface area (Å²) in [4.78, 5) is 5.19. The van der Waals surface area contributed by atoms with Gasteiger partial charge in [0.15, 0.2) is 0 Å². The number of nitrogens with zero attached hydrogens (tertiary/aromatic N) is 4. The molecule has 0 aliphatic rings. The molecule has 56 valence electrons. The minimum atomic E-state index is 0.317. The molecule has 5 heteroatoms. The molecule has 0 saturated heterocycles. The van der Waals surface area contributed by atoms with E-state index in [1.165, 1.54) is 0 Å². The van der Waals surface area contributed by atoms with E-state index in [1.54, 1.807) is 6.20 Å². The average Bonchev–Trinajstić information content (AvgIpc) is 1.82. The van der Waals surface area contributed by atoms with Crippen LogP contribution in [0.25, 0.3) is 10.4 Å². The largest absolute Gasteiger partial charge is 0.383 e. The molecule has 0 fully saturated rings. The minimum absolute atomic E-state index is 0.317. The molecule has 0 atom stereocenters. The molecule has 0 bridgehead atoms. The molecule has 0 radical (unpaired) electrons. The second kappa shape index (κ2) is 5.02.